The number of aromatic hydroxyl groups is 1. The van der Waals surface area contributed by atoms with E-state index < -0.39 is 0 Å². The number of hydrogen-bond acceptors (Lipinski definition) is 2. The third kappa shape index (κ3) is 3.42. The van der Waals surface area contributed by atoms with Crippen molar-refractivity contribution in [1.82, 2.24) is 0 Å². The van der Waals surface area contributed by atoms with Crippen molar-refractivity contribution in [3.05, 3.63) is 29.8 Å². The van der Waals surface area contributed by atoms with Crippen LogP contribution in [0, 0.1) is 0 Å². The molecule has 1 aromatic carbocycles. The zero-order chi connectivity index (χ0) is 9.52. The van der Waals surface area contributed by atoms with Gasteiger partial charge in [-0.3, -0.25) is 4.99 Å². The van der Waals surface area contributed by atoms with Crippen molar-refractivity contribution in [1.29, 1.82) is 0 Å². The van der Waals surface area contributed by atoms with E-state index in [0.717, 1.165) is 24.6 Å². The first-order valence-corrected chi connectivity index (χ1v) is 4.97. The highest BCUT2D eigenvalue weighted by Gasteiger charge is 1.93. The maximum atomic E-state index is 9.37. The van der Waals surface area contributed by atoms with Gasteiger partial charge in [0.2, 0.25) is 0 Å². The normalized spacial score (nSPS) is 10.8. The third-order valence-corrected chi connectivity index (χ3v) is 1.98. The van der Waals surface area contributed by atoms with Crippen LogP contribution in [0.3, 0.4) is 0 Å². The lowest BCUT2D eigenvalue weighted by molar-refractivity contribution is 0.474. The summed E-state index contributed by atoms with van der Waals surface area (Å²) < 4.78 is 0. The average molecular weight is 190 g/mol. The fourth-order valence-electron chi connectivity index (χ4n) is 0.930. The second-order valence-corrected chi connectivity index (χ2v) is 3.20. The molecule has 1 aromatic rings. The number of hydrogen-bond donors (Lipinski definition) is 1. The molecule has 0 saturated heterocycles. The van der Waals surface area contributed by atoms with Crippen LogP contribution in [0.4, 0.5) is 0 Å². The topological polar surface area (TPSA) is 32.6 Å². The van der Waals surface area contributed by atoms with Crippen LogP contribution in [0.15, 0.2) is 29.3 Å². The molecule has 3 heteroatoms. The molecule has 0 amide bonds. The standard InChI is InChI=1S/C10H12NOSi/c12-10-5-2-1-4-9(10)8-11-6-3-7-13/h1-2,4-5,8,12H,3,6-7H2. The first-order valence-electron chi connectivity index (χ1n) is 4.27. The molecular formula is C10H12NOSi. The van der Waals surface area contributed by atoms with Crippen LogP contribution in [-0.4, -0.2) is 28.1 Å². The number of para-hydroxylation sites is 1. The molecule has 2 nitrogen and oxygen atoms in total. The summed E-state index contributed by atoms with van der Waals surface area (Å²) in [6.45, 7) is 0.790. The molecule has 0 aromatic heterocycles. The van der Waals surface area contributed by atoms with Crippen molar-refractivity contribution in [2.75, 3.05) is 6.54 Å². The zero-order valence-corrected chi connectivity index (χ0v) is 8.40. The monoisotopic (exact) mass is 190 g/mol. The fraction of sp³-hybridized carbons (Fsp3) is 0.300. The second-order valence-electron chi connectivity index (χ2n) is 2.70. The van der Waals surface area contributed by atoms with Gasteiger partial charge in [-0.15, -0.1) is 0 Å². The molecule has 0 unspecified atom stereocenters. The van der Waals surface area contributed by atoms with Crippen molar-refractivity contribution < 1.29 is 5.11 Å². The number of phenolic OH excluding ortho intramolecular Hbond substituents is 1. The SMILES string of the molecule is Oc1ccccc1C=NCCC[Si]. The lowest BCUT2D eigenvalue weighted by Gasteiger charge is -1.96. The molecule has 0 heterocycles. The minimum absolute atomic E-state index is 0.282. The van der Waals surface area contributed by atoms with E-state index in [4.69, 9.17) is 0 Å². The highest BCUT2D eigenvalue weighted by Crippen LogP contribution is 2.12. The van der Waals surface area contributed by atoms with Gasteiger partial charge in [-0.25, -0.2) is 0 Å². The van der Waals surface area contributed by atoms with Gasteiger partial charge < -0.3 is 5.11 Å². The molecule has 0 fully saturated rings. The average Bonchev–Trinajstić information content (AvgIpc) is 2.15. The Bertz CT molecular complexity index is 286. The molecular weight excluding hydrogens is 178 g/mol. The first kappa shape index (κ1) is 9.99. The Labute approximate surface area is 81.8 Å². The van der Waals surface area contributed by atoms with E-state index in [-0.39, 0.29) is 5.75 Å². The van der Waals surface area contributed by atoms with Gasteiger partial charge in [-0.2, -0.15) is 0 Å². The van der Waals surface area contributed by atoms with Crippen LogP contribution in [0.1, 0.15) is 12.0 Å². The van der Waals surface area contributed by atoms with Crippen LogP contribution in [0.25, 0.3) is 0 Å². The van der Waals surface area contributed by atoms with Crippen LogP contribution in [0.5, 0.6) is 5.75 Å². The van der Waals surface area contributed by atoms with Crippen molar-refractivity contribution in [2.45, 2.75) is 12.5 Å². The molecule has 1 N–H and O–H groups in total. The van der Waals surface area contributed by atoms with Gasteiger partial charge in [-0.05, 0) is 18.6 Å². The quantitative estimate of drug-likeness (QED) is 0.438. The highest BCUT2D eigenvalue weighted by molar-refractivity contribution is 6.08. The fourth-order valence-corrected chi connectivity index (χ4v) is 1.09. The summed E-state index contributed by atoms with van der Waals surface area (Å²) >= 11 is 0. The predicted octanol–water partition coefficient (Wildman–Crippen LogP) is 1.79. The molecule has 0 saturated carbocycles. The van der Waals surface area contributed by atoms with E-state index in [0.29, 0.717) is 0 Å². The lowest BCUT2D eigenvalue weighted by Crippen LogP contribution is -1.85. The molecule has 1 rings (SSSR count). The summed E-state index contributed by atoms with van der Waals surface area (Å²) in [5, 5.41) is 9.37. The predicted molar refractivity (Wildman–Crippen MR) is 55.7 cm³/mol. The Morgan fingerprint density at radius 3 is 2.85 bits per heavy atom. The largest absolute Gasteiger partial charge is 0.507 e. The molecule has 0 spiro atoms. The summed E-state index contributed by atoms with van der Waals surface area (Å²) in [5.74, 6) is 0.282. The van der Waals surface area contributed by atoms with Crippen LogP contribution < -0.4 is 0 Å². The Hall–Kier alpha value is -1.09. The number of phenols is 1. The van der Waals surface area contributed by atoms with Crippen molar-refractivity contribution >= 4 is 16.5 Å². The number of aliphatic imine (C=N–C) groups is 1. The van der Waals surface area contributed by atoms with Crippen LogP contribution >= 0.6 is 0 Å². The van der Waals surface area contributed by atoms with Gasteiger partial charge >= 0.3 is 0 Å². The Morgan fingerprint density at radius 1 is 1.38 bits per heavy atom. The van der Waals surface area contributed by atoms with Gasteiger partial charge in [0.15, 0.2) is 0 Å². The van der Waals surface area contributed by atoms with Gasteiger partial charge in [0.1, 0.15) is 5.75 Å². The van der Waals surface area contributed by atoms with Crippen LogP contribution in [-0.2, 0) is 0 Å². The molecule has 3 radical (unpaired) electrons. The Morgan fingerprint density at radius 2 is 2.15 bits per heavy atom. The second kappa shape index (κ2) is 5.53. The molecule has 0 bridgehead atoms. The van der Waals surface area contributed by atoms with E-state index in [2.05, 4.69) is 15.2 Å². The third-order valence-electron chi connectivity index (χ3n) is 1.63. The zero-order valence-electron chi connectivity index (χ0n) is 7.40. The van der Waals surface area contributed by atoms with E-state index in [1.807, 2.05) is 12.1 Å². The summed E-state index contributed by atoms with van der Waals surface area (Å²) in [7, 11) is 3.37. The van der Waals surface area contributed by atoms with E-state index in [9.17, 15) is 5.11 Å². The molecule has 0 atom stereocenters. The number of nitrogens with zero attached hydrogens (tertiary/aromatic N) is 1. The van der Waals surface area contributed by atoms with E-state index in [1.54, 1.807) is 18.3 Å². The minimum atomic E-state index is 0.282. The summed E-state index contributed by atoms with van der Waals surface area (Å²) in [6, 6.07) is 8.13. The van der Waals surface area contributed by atoms with Gasteiger partial charge in [-0.1, -0.05) is 18.2 Å². The van der Waals surface area contributed by atoms with Crippen molar-refractivity contribution in [3.63, 3.8) is 0 Å². The maximum absolute atomic E-state index is 9.37. The van der Waals surface area contributed by atoms with Crippen molar-refractivity contribution in [2.24, 2.45) is 4.99 Å². The highest BCUT2D eigenvalue weighted by atomic mass is 28.1. The number of rotatable bonds is 4. The van der Waals surface area contributed by atoms with E-state index >= 15 is 0 Å². The summed E-state index contributed by atoms with van der Waals surface area (Å²) in [6.07, 6.45) is 2.72. The Balaban J connectivity index is 2.53. The van der Waals surface area contributed by atoms with Crippen LogP contribution in [0.2, 0.25) is 6.04 Å². The number of benzene rings is 1. The van der Waals surface area contributed by atoms with Crippen molar-refractivity contribution in [3.8, 4) is 5.75 Å². The molecule has 0 aliphatic carbocycles. The summed E-state index contributed by atoms with van der Waals surface area (Å²) in [4.78, 5) is 4.18. The van der Waals surface area contributed by atoms with Gasteiger partial charge in [0.05, 0.1) is 0 Å². The van der Waals surface area contributed by atoms with Gasteiger partial charge in [0, 0.05) is 28.6 Å². The molecule has 0 aliphatic heterocycles. The smallest absolute Gasteiger partial charge is 0.124 e. The van der Waals surface area contributed by atoms with E-state index in [1.165, 1.54) is 0 Å². The lowest BCUT2D eigenvalue weighted by atomic mass is 10.2. The minimum Gasteiger partial charge on any atom is -0.507 e. The molecule has 0 aliphatic rings. The molecule has 67 valence electrons. The maximum Gasteiger partial charge on any atom is 0.124 e. The van der Waals surface area contributed by atoms with Gasteiger partial charge in [0.25, 0.3) is 0 Å². The molecule has 13 heavy (non-hydrogen) atoms. The Kier molecular flexibility index (Phi) is 4.25. The summed E-state index contributed by atoms with van der Waals surface area (Å²) in [5.41, 5.74) is 0.775. The first-order chi connectivity index (χ1) is 6.34.